The average Bonchev–Trinajstić information content (AvgIpc) is 3.30. The van der Waals surface area contributed by atoms with E-state index in [0.29, 0.717) is 25.1 Å². The molecule has 0 aliphatic carbocycles. The Hall–Kier alpha value is -3.19. The van der Waals surface area contributed by atoms with Crippen LogP contribution in [0.3, 0.4) is 0 Å². The Balaban J connectivity index is 1.12. The Morgan fingerprint density at radius 1 is 1.09 bits per heavy atom. The van der Waals surface area contributed by atoms with Crippen molar-refractivity contribution in [2.24, 2.45) is 11.8 Å². The predicted octanol–water partition coefficient (Wildman–Crippen LogP) is 2.88. The minimum atomic E-state index is 0.0780. The van der Waals surface area contributed by atoms with Gasteiger partial charge in [0.25, 0.3) is 0 Å². The van der Waals surface area contributed by atoms with Gasteiger partial charge in [0.1, 0.15) is 18.1 Å². The molecule has 1 N–H and O–H groups in total. The fourth-order valence-corrected chi connectivity index (χ4v) is 4.93. The van der Waals surface area contributed by atoms with E-state index in [2.05, 4.69) is 20.5 Å². The van der Waals surface area contributed by atoms with E-state index >= 15 is 0 Å². The molecular weight excluding hydrogens is 402 g/mol. The summed E-state index contributed by atoms with van der Waals surface area (Å²) >= 11 is 0. The molecule has 3 aliphatic rings. The molecule has 1 amide bonds. The number of para-hydroxylation sites is 1. The zero-order valence-corrected chi connectivity index (χ0v) is 18.1. The molecule has 166 valence electrons. The van der Waals surface area contributed by atoms with E-state index in [1.165, 1.54) is 0 Å². The van der Waals surface area contributed by atoms with Gasteiger partial charge in [0.05, 0.1) is 18.7 Å². The third-order valence-corrected chi connectivity index (χ3v) is 6.64. The van der Waals surface area contributed by atoms with Gasteiger partial charge < -0.3 is 10.1 Å². The Labute approximate surface area is 188 Å². The van der Waals surface area contributed by atoms with Gasteiger partial charge in [-0.05, 0) is 43.0 Å². The monoisotopic (exact) mass is 431 g/mol. The maximum absolute atomic E-state index is 12.8. The highest BCUT2D eigenvalue weighted by Crippen LogP contribution is 2.37. The van der Waals surface area contributed by atoms with Gasteiger partial charge in [-0.15, -0.1) is 5.10 Å². The first-order valence-electron chi connectivity index (χ1n) is 11.4. The Morgan fingerprint density at radius 3 is 2.62 bits per heavy atom. The van der Waals surface area contributed by atoms with E-state index < -0.39 is 0 Å². The second kappa shape index (κ2) is 9.53. The normalized spacial score (nSPS) is 24.2. The van der Waals surface area contributed by atoms with Gasteiger partial charge in [0.15, 0.2) is 0 Å². The van der Waals surface area contributed by atoms with Crippen molar-refractivity contribution in [3.8, 4) is 5.75 Å². The second-order valence-electron chi connectivity index (χ2n) is 8.78. The van der Waals surface area contributed by atoms with Crippen LogP contribution in [0.25, 0.3) is 0 Å². The zero-order chi connectivity index (χ0) is 21.8. The molecular formula is C25H29N5O2. The van der Waals surface area contributed by atoms with Crippen LogP contribution in [0, 0.1) is 11.8 Å². The van der Waals surface area contributed by atoms with E-state index in [0.717, 1.165) is 49.5 Å². The van der Waals surface area contributed by atoms with E-state index in [-0.39, 0.29) is 11.8 Å². The third-order valence-electron chi connectivity index (χ3n) is 6.64. The summed E-state index contributed by atoms with van der Waals surface area (Å²) in [6, 6.07) is 20.2. The summed E-state index contributed by atoms with van der Waals surface area (Å²) in [7, 11) is 0. The SMILES string of the molecule is O=C(NCc1ccccc1)[C@@H]1CN2CC[C@@H]1C[C@@H]2Cn1cc(COc2ccccc2)nn1. The number of hydrogen-bond donors (Lipinski definition) is 1. The van der Waals surface area contributed by atoms with Crippen molar-refractivity contribution in [2.45, 2.75) is 38.6 Å². The average molecular weight is 432 g/mol. The Kier molecular flexibility index (Phi) is 6.16. The number of fused-ring (bicyclic) bond motifs is 3. The summed E-state index contributed by atoms with van der Waals surface area (Å²) in [6.07, 6.45) is 4.09. The van der Waals surface area contributed by atoms with Gasteiger partial charge in [0, 0.05) is 19.1 Å². The number of carbonyl (C=O) groups is 1. The molecule has 0 radical (unpaired) electrons. The third kappa shape index (κ3) is 4.83. The fraction of sp³-hybridized carbons (Fsp3) is 0.400. The van der Waals surface area contributed by atoms with E-state index in [1.807, 2.05) is 71.5 Å². The number of benzene rings is 2. The molecule has 0 saturated carbocycles. The van der Waals surface area contributed by atoms with Gasteiger partial charge in [-0.1, -0.05) is 53.7 Å². The van der Waals surface area contributed by atoms with Gasteiger partial charge >= 0.3 is 0 Å². The molecule has 2 aromatic carbocycles. The molecule has 32 heavy (non-hydrogen) atoms. The number of amides is 1. The van der Waals surface area contributed by atoms with Gasteiger partial charge in [-0.3, -0.25) is 14.4 Å². The smallest absolute Gasteiger partial charge is 0.224 e. The molecule has 3 aromatic rings. The van der Waals surface area contributed by atoms with E-state index in [9.17, 15) is 4.79 Å². The Bertz CT molecular complexity index is 1020. The summed E-state index contributed by atoms with van der Waals surface area (Å²) in [4.78, 5) is 15.3. The molecule has 2 bridgehead atoms. The predicted molar refractivity (Wildman–Crippen MR) is 121 cm³/mol. The first-order chi connectivity index (χ1) is 15.7. The van der Waals surface area contributed by atoms with Crippen molar-refractivity contribution < 1.29 is 9.53 Å². The highest BCUT2D eigenvalue weighted by atomic mass is 16.5. The largest absolute Gasteiger partial charge is 0.487 e. The van der Waals surface area contributed by atoms with Gasteiger partial charge in [-0.25, -0.2) is 0 Å². The van der Waals surface area contributed by atoms with Crippen molar-refractivity contribution in [1.29, 1.82) is 0 Å². The minimum absolute atomic E-state index is 0.0780. The molecule has 7 heteroatoms. The topological polar surface area (TPSA) is 72.3 Å². The van der Waals surface area contributed by atoms with Crippen LogP contribution in [0.15, 0.2) is 66.9 Å². The van der Waals surface area contributed by atoms with Crippen LogP contribution in [-0.2, 0) is 24.5 Å². The number of nitrogens with zero attached hydrogens (tertiary/aromatic N) is 4. The molecule has 0 spiro atoms. The van der Waals surface area contributed by atoms with Crippen molar-refractivity contribution in [3.05, 3.63) is 78.1 Å². The highest BCUT2D eigenvalue weighted by Gasteiger charge is 2.43. The van der Waals surface area contributed by atoms with Crippen LogP contribution >= 0.6 is 0 Å². The van der Waals surface area contributed by atoms with Crippen LogP contribution in [0.4, 0.5) is 0 Å². The quantitative estimate of drug-likeness (QED) is 0.594. The number of piperidine rings is 3. The fourth-order valence-electron chi connectivity index (χ4n) is 4.93. The number of hydrogen-bond acceptors (Lipinski definition) is 5. The maximum Gasteiger partial charge on any atom is 0.224 e. The summed E-state index contributed by atoms with van der Waals surface area (Å²) in [5.41, 5.74) is 1.96. The van der Waals surface area contributed by atoms with Crippen LogP contribution in [-0.4, -0.2) is 44.9 Å². The molecule has 3 saturated heterocycles. The van der Waals surface area contributed by atoms with Crippen molar-refractivity contribution in [3.63, 3.8) is 0 Å². The zero-order valence-electron chi connectivity index (χ0n) is 18.1. The van der Waals surface area contributed by atoms with Crippen molar-refractivity contribution in [1.82, 2.24) is 25.2 Å². The van der Waals surface area contributed by atoms with Crippen LogP contribution in [0.2, 0.25) is 0 Å². The lowest BCUT2D eigenvalue weighted by Gasteiger charge is -2.49. The molecule has 1 unspecified atom stereocenters. The lowest BCUT2D eigenvalue weighted by atomic mass is 9.75. The molecule has 3 aliphatic heterocycles. The summed E-state index contributed by atoms with van der Waals surface area (Å²) in [5.74, 6) is 1.52. The molecule has 1 aromatic heterocycles. The van der Waals surface area contributed by atoms with Crippen molar-refractivity contribution in [2.75, 3.05) is 13.1 Å². The van der Waals surface area contributed by atoms with E-state index in [1.54, 1.807) is 0 Å². The lowest BCUT2D eigenvalue weighted by Crippen LogP contribution is -2.58. The van der Waals surface area contributed by atoms with Crippen LogP contribution in [0.5, 0.6) is 5.75 Å². The standard InChI is InChI=1S/C25H29N5O2/c31-25(26-14-19-7-3-1-4-8-19)24-17-29-12-11-20(24)13-22(29)16-30-15-21(27-28-30)18-32-23-9-5-2-6-10-23/h1-10,15,20,22,24H,11-14,16-18H2,(H,26,31)/t20-,22-,24-/m1/s1. The molecule has 4 atom stereocenters. The van der Waals surface area contributed by atoms with Crippen molar-refractivity contribution >= 4 is 5.91 Å². The van der Waals surface area contributed by atoms with Crippen LogP contribution in [0.1, 0.15) is 24.1 Å². The molecule has 4 heterocycles. The number of carbonyl (C=O) groups excluding carboxylic acids is 1. The van der Waals surface area contributed by atoms with Crippen LogP contribution < -0.4 is 10.1 Å². The lowest BCUT2D eigenvalue weighted by molar-refractivity contribution is -0.133. The number of nitrogens with one attached hydrogen (secondary N) is 1. The highest BCUT2D eigenvalue weighted by molar-refractivity contribution is 5.79. The second-order valence-corrected chi connectivity index (χ2v) is 8.78. The number of aromatic nitrogens is 3. The number of rotatable bonds is 8. The Morgan fingerprint density at radius 2 is 1.88 bits per heavy atom. The summed E-state index contributed by atoms with van der Waals surface area (Å²) in [6.45, 7) is 3.68. The van der Waals surface area contributed by atoms with E-state index in [4.69, 9.17) is 4.74 Å². The van der Waals surface area contributed by atoms with Gasteiger partial charge in [0.2, 0.25) is 5.91 Å². The summed E-state index contributed by atoms with van der Waals surface area (Å²) < 4.78 is 7.69. The van der Waals surface area contributed by atoms with Gasteiger partial charge in [-0.2, -0.15) is 0 Å². The molecule has 6 rings (SSSR count). The molecule has 7 nitrogen and oxygen atoms in total. The molecule has 3 fully saturated rings. The first-order valence-corrected chi connectivity index (χ1v) is 11.4. The maximum atomic E-state index is 12.8. The minimum Gasteiger partial charge on any atom is -0.487 e. The summed E-state index contributed by atoms with van der Waals surface area (Å²) in [5, 5.41) is 11.7. The first kappa shape index (κ1) is 20.7. The number of ether oxygens (including phenoxy) is 1.